The van der Waals surface area contributed by atoms with Crippen molar-refractivity contribution in [3.63, 3.8) is 0 Å². The number of halogens is 2. The maximum Gasteiger partial charge on any atom is 0.263 e. The molecule has 146 valence electrons. The minimum Gasteiger partial charge on any atom is -0.370 e. The number of pyridine rings is 1. The fraction of sp³-hybridized carbons (Fsp3) is 0.353. The summed E-state index contributed by atoms with van der Waals surface area (Å²) < 4.78 is 53.1. The third-order valence-corrected chi connectivity index (χ3v) is 5.93. The van der Waals surface area contributed by atoms with E-state index in [1.54, 1.807) is 6.07 Å². The summed E-state index contributed by atoms with van der Waals surface area (Å²) in [4.78, 5) is 4.04. The van der Waals surface area contributed by atoms with Gasteiger partial charge in [-0.15, -0.1) is 0 Å². The maximum absolute atomic E-state index is 13.2. The molecule has 0 aliphatic carbocycles. The molecule has 2 heterocycles. The zero-order valence-corrected chi connectivity index (χ0v) is 15.6. The van der Waals surface area contributed by atoms with Gasteiger partial charge in [0.05, 0.1) is 5.69 Å². The van der Waals surface area contributed by atoms with Crippen LogP contribution >= 0.6 is 0 Å². The number of sulfonamides is 1. The molecule has 10 heteroatoms. The molecule has 0 radical (unpaired) electrons. The first-order valence-corrected chi connectivity index (χ1v) is 9.93. The summed E-state index contributed by atoms with van der Waals surface area (Å²) in [5.41, 5.74) is 6.26. The van der Waals surface area contributed by atoms with Gasteiger partial charge in [-0.1, -0.05) is 0 Å². The Bertz CT molecular complexity index is 898. The zero-order valence-electron chi connectivity index (χ0n) is 14.8. The summed E-state index contributed by atoms with van der Waals surface area (Å²) in [5, 5.41) is 3.19. The largest absolute Gasteiger partial charge is 0.370 e. The van der Waals surface area contributed by atoms with Crippen LogP contribution in [0, 0.1) is 17.6 Å². The minimum absolute atomic E-state index is 0.0692. The molecular weight excluding hydrogens is 376 g/mol. The van der Waals surface area contributed by atoms with Crippen molar-refractivity contribution in [2.45, 2.75) is 30.8 Å². The highest BCUT2D eigenvalue weighted by Crippen LogP contribution is 2.20. The third-order valence-electron chi connectivity index (χ3n) is 4.56. The molecule has 1 aromatic carbocycles. The van der Waals surface area contributed by atoms with Gasteiger partial charge in [0.15, 0.2) is 11.6 Å². The zero-order chi connectivity index (χ0) is 19.6. The van der Waals surface area contributed by atoms with Crippen LogP contribution in [0.3, 0.4) is 0 Å². The van der Waals surface area contributed by atoms with Crippen LogP contribution in [0.15, 0.2) is 41.4 Å². The lowest BCUT2D eigenvalue weighted by Gasteiger charge is -2.18. The lowest BCUT2D eigenvalue weighted by Crippen LogP contribution is -2.30. The first-order chi connectivity index (χ1) is 12.8. The van der Waals surface area contributed by atoms with Crippen molar-refractivity contribution in [3.8, 4) is 0 Å². The van der Waals surface area contributed by atoms with Crippen LogP contribution in [-0.4, -0.2) is 32.0 Å². The van der Waals surface area contributed by atoms with Crippen LogP contribution < -0.4 is 20.9 Å². The summed E-state index contributed by atoms with van der Waals surface area (Å²) in [7, 11) is -3.96. The van der Waals surface area contributed by atoms with E-state index in [1.807, 2.05) is 0 Å². The maximum atomic E-state index is 13.2. The molecule has 1 aliphatic rings. The predicted octanol–water partition coefficient (Wildman–Crippen LogP) is 2.07. The van der Waals surface area contributed by atoms with Gasteiger partial charge in [0.1, 0.15) is 10.7 Å². The van der Waals surface area contributed by atoms with Gasteiger partial charge in [-0.3, -0.25) is 15.6 Å². The molecule has 1 aliphatic heterocycles. The Morgan fingerprint density at radius 1 is 1.07 bits per heavy atom. The highest BCUT2D eigenvalue weighted by molar-refractivity contribution is 7.92. The predicted molar refractivity (Wildman–Crippen MR) is 98.6 cm³/mol. The fourth-order valence-electron chi connectivity index (χ4n) is 2.90. The lowest BCUT2D eigenvalue weighted by molar-refractivity contribution is 0.466. The fourth-order valence-corrected chi connectivity index (χ4v) is 3.90. The van der Waals surface area contributed by atoms with Gasteiger partial charge in [0.2, 0.25) is 0 Å². The smallest absolute Gasteiger partial charge is 0.263 e. The van der Waals surface area contributed by atoms with Gasteiger partial charge >= 0.3 is 0 Å². The number of nitrogens with one attached hydrogen (secondary N) is 4. The summed E-state index contributed by atoms with van der Waals surface area (Å²) in [5.74, 6) is -1.28. The summed E-state index contributed by atoms with van der Waals surface area (Å²) >= 11 is 0. The average molecular weight is 397 g/mol. The van der Waals surface area contributed by atoms with E-state index >= 15 is 0 Å². The van der Waals surface area contributed by atoms with E-state index in [0.717, 1.165) is 18.2 Å². The molecular formula is C17H21F2N5O2S. The van der Waals surface area contributed by atoms with Crippen LogP contribution in [-0.2, 0) is 10.0 Å². The van der Waals surface area contributed by atoms with E-state index in [2.05, 4.69) is 39.7 Å². The quantitative estimate of drug-likeness (QED) is 0.596. The summed E-state index contributed by atoms with van der Waals surface area (Å²) in [6.45, 7) is 4.83. The Balaban J connectivity index is 1.65. The summed E-state index contributed by atoms with van der Waals surface area (Å²) in [6, 6.07) is 6.33. The number of rotatable bonds is 6. The second-order valence-corrected chi connectivity index (χ2v) is 8.21. The van der Waals surface area contributed by atoms with Crippen molar-refractivity contribution in [1.29, 1.82) is 0 Å². The van der Waals surface area contributed by atoms with Gasteiger partial charge in [-0.2, -0.15) is 0 Å². The Hall–Kier alpha value is -2.30. The Morgan fingerprint density at radius 2 is 1.78 bits per heavy atom. The van der Waals surface area contributed by atoms with Crippen molar-refractivity contribution in [1.82, 2.24) is 15.8 Å². The second-order valence-electron chi connectivity index (χ2n) is 6.52. The van der Waals surface area contributed by atoms with Gasteiger partial charge in [-0.25, -0.2) is 22.2 Å². The highest BCUT2D eigenvalue weighted by atomic mass is 32.2. The first-order valence-electron chi connectivity index (χ1n) is 8.45. The van der Waals surface area contributed by atoms with Crippen molar-refractivity contribution >= 4 is 21.5 Å². The number of anilines is 2. The van der Waals surface area contributed by atoms with Crippen molar-refractivity contribution < 1.29 is 17.2 Å². The van der Waals surface area contributed by atoms with E-state index in [-0.39, 0.29) is 10.6 Å². The molecule has 1 saturated heterocycles. The molecule has 1 aromatic heterocycles. The SMILES string of the molecule is CC1NNC(C)C1CNc1ccc(S(=O)(=O)Nc2ccc(F)c(F)c2)cn1. The normalized spacial score (nSPS) is 22.6. The number of hydrogen-bond donors (Lipinski definition) is 4. The van der Waals surface area contributed by atoms with E-state index in [4.69, 9.17) is 0 Å². The number of aromatic nitrogens is 1. The standard InChI is InChI=1S/C17H21F2N5O2S/c1-10-14(11(2)23-22-10)9-21-17-6-4-13(8-20-17)27(25,26)24-12-3-5-15(18)16(19)7-12/h3-8,10-11,14,22-24H,9H2,1-2H3,(H,20,21). The molecule has 7 nitrogen and oxygen atoms in total. The molecule has 0 spiro atoms. The topological polar surface area (TPSA) is 95.1 Å². The Kier molecular flexibility index (Phi) is 5.59. The molecule has 4 N–H and O–H groups in total. The number of hydrazine groups is 1. The Labute approximate surface area is 156 Å². The van der Waals surface area contributed by atoms with Crippen LogP contribution in [0.4, 0.5) is 20.3 Å². The molecule has 27 heavy (non-hydrogen) atoms. The highest BCUT2D eigenvalue weighted by Gasteiger charge is 2.29. The molecule has 0 bridgehead atoms. The molecule has 2 aromatic rings. The van der Waals surface area contributed by atoms with Crippen LogP contribution in [0.25, 0.3) is 0 Å². The van der Waals surface area contributed by atoms with Gasteiger partial charge in [-0.05, 0) is 38.1 Å². The number of nitrogens with zero attached hydrogens (tertiary/aromatic N) is 1. The monoisotopic (exact) mass is 397 g/mol. The minimum atomic E-state index is -3.96. The van der Waals surface area contributed by atoms with Gasteiger partial charge < -0.3 is 5.32 Å². The Morgan fingerprint density at radius 3 is 2.37 bits per heavy atom. The van der Waals surface area contributed by atoms with Gasteiger partial charge in [0.25, 0.3) is 10.0 Å². The van der Waals surface area contributed by atoms with E-state index < -0.39 is 21.7 Å². The van der Waals surface area contributed by atoms with Crippen molar-refractivity contribution in [2.24, 2.45) is 5.92 Å². The molecule has 1 fully saturated rings. The number of hydrogen-bond acceptors (Lipinski definition) is 6. The molecule has 2 atom stereocenters. The van der Waals surface area contributed by atoms with Crippen LogP contribution in [0.1, 0.15) is 13.8 Å². The average Bonchev–Trinajstić information content (AvgIpc) is 2.94. The van der Waals surface area contributed by atoms with E-state index in [0.29, 0.717) is 30.4 Å². The third kappa shape index (κ3) is 4.52. The first kappa shape index (κ1) is 19.5. The lowest BCUT2D eigenvalue weighted by atomic mass is 9.97. The van der Waals surface area contributed by atoms with Crippen LogP contribution in [0.2, 0.25) is 0 Å². The summed E-state index contributed by atoms with van der Waals surface area (Å²) in [6.07, 6.45) is 1.21. The van der Waals surface area contributed by atoms with E-state index in [9.17, 15) is 17.2 Å². The second kappa shape index (κ2) is 7.75. The van der Waals surface area contributed by atoms with E-state index in [1.165, 1.54) is 12.3 Å². The molecule has 0 amide bonds. The van der Waals surface area contributed by atoms with Gasteiger partial charge in [0, 0.05) is 36.8 Å². The molecule has 3 rings (SSSR count). The molecule has 0 saturated carbocycles. The van der Waals surface area contributed by atoms with Crippen molar-refractivity contribution in [2.75, 3.05) is 16.6 Å². The van der Waals surface area contributed by atoms with Crippen molar-refractivity contribution in [3.05, 3.63) is 48.2 Å². The molecule has 2 unspecified atom stereocenters. The number of benzene rings is 1. The van der Waals surface area contributed by atoms with Crippen LogP contribution in [0.5, 0.6) is 0 Å².